The molecule has 24 nitrogen and oxygen atoms in total. The number of nitrogens with zero attached hydrogens (tertiary/aromatic N) is 8. The summed E-state index contributed by atoms with van der Waals surface area (Å²) in [5, 5.41) is 23.4. The molecule has 0 bridgehead atoms. The first-order chi connectivity index (χ1) is 42.0. The molecular formula is C66H120N12O12S. The number of carbonyl (C=O) groups excluding carboxylic acids is 11. The number of carbonyl (C=O) groups is 11. The van der Waals surface area contributed by atoms with Crippen LogP contribution in [0.4, 0.5) is 0 Å². The van der Waals surface area contributed by atoms with Gasteiger partial charge in [0, 0.05) is 67.4 Å². The fraction of sp³-hybridized carbons (Fsp3) is 0.803. The van der Waals surface area contributed by atoms with Crippen molar-refractivity contribution in [3.63, 3.8) is 0 Å². The minimum Gasteiger partial charge on any atom is -0.390 e. The van der Waals surface area contributed by atoms with E-state index in [1.165, 1.54) is 104 Å². The summed E-state index contributed by atoms with van der Waals surface area (Å²) in [4.78, 5) is 174. The fourth-order valence-corrected chi connectivity index (χ4v) is 12.7. The third-order valence-electron chi connectivity index (χ3n) is 17.2. The molecule has 11 amide bonds. The molecule has 1 heterocycles. The highest BCUT2D eigenvalue weighted by Gasteiger charge is 2.46. The van der Waals surface area contributed by atoms with Gasteiger partial charge >= 0.3 is 0 Å². The van der Waals surface area contributed by atoms with Crippen molar-refractivity contribution in [2.75, 3.05) is 81.5 Å². The number of amides is 11. The highest BCUT2D eigenvalue weighted by Crippen LogP contribution is 2.26. The maximum atomic E-state index is 15.3. The van der Waals surface area contributed by atoms with Gasteiger partial charge in [-0.3, -0.25) is 52.7 Å². The smallest absolute Gasteiger partial charge is 0.246 e. The van der Waals surface area contributed by atoms with Crippen molar-refractivity contribution in [3.05, 3.63) is 12.2 Å². The van der Waals surface area contributed by atoms with Crippen LogP contribution >= 0.6 is 11.8 Å². The number of rotatable bonds is 19. The van der Waals surface area contributed by atoms with Crippen LogP contribution in [0.25, 0.3) is 0 Å². The molecule has 1 rings (SSSR count). The molecule has 0 aromatic rings. The van der Waals surface area contributed by atoms with Gasteiger partial charge in [-0.1, -0.05) is 109 Å². The summed E-state index contributed by atoms with van der Waals surface area (Å²) in [5.41, 5.74) is 0. The fourth-order valence-electron chi connectivity index (χ4n) is 11.4. The Labute approximate surface area is 550 Å². The maximum absolute atomic E-state index is 15.3. The van der Waals surface area contributed by atoms with E-state index in [1.54, 1.807) is 61.5 Å². The van der Waals surface area contributed by atoms with Gasteiger partial charge in [0.15, 0.2) is 0 Å². The molecule has 13 atom stereocenters. The minimum atomic E-state index is -1.63. The zero-order valence-corrected chi connectivity index (χ0v) is 61.0. The van der Waals surface area contributed by atoms with Gasteiger partial charge in [-0.2, -0.15) is 11.8 Å². The molecule has 1 aliphatic heterocycles. The Morgan fingerprint density at radius 2 is 0.890 bits per heavy atom. The summed E-state index contributed by atoms with van der Waals surface area (Å²) in [6, 6.07) is -13.7. The topological polar surface area (TPSA) is 282 Å². The van der Waals surface area contributed by atoms with E-state index in [1.807, 2.05) is 73.5 Å². The van der Waals surface area contributed by atoms with Crippen LogP contribution in [0.3, 0.4) is 0 Å². The van der Waals surface area contributed by atoms with E-state index in [-0.39, 0.29) is 49.2 Å². The number of likely N-dealkylation sites (N-methyl/N-ethyl adjacent to an activating group) is 7. The van der Waals surface area contributed by atoms with E-state index >= 15 is 28.8 Å². The van der Waals surface area contributed by atoms with E-state index in [0.29, 0.717) is 18.7 Å². The summed E-state index contributed by atoms with van der Waals surface area (Å²) in [7, 11) is 13.9. The van der Waals surface area contributed by atoms with Gasteiger partial charge in [0.25, 0.3) is 0 Å². The molecular weight excluding hydrogens is 1180 g/mol. The van der Waals surface area contributed by atoms with Gasteiger partial charge in [-0.25, -0.2) is 0 Å². The first-order valence-electron chi connectivity index (χ1n) is 32.7. The number of hydrogen-bond donors (Lipinski definition) is 5. The predicted molar refractivity (Wildman–Crippen MR) is 359 cm³/mol. The summed E-state index contributed by atoms with van der Waals surface area (Å²) in [5.74, 6) is -9.53. The normalized spacial score (nSPS) is 26.8. The molecule has 0 saturated carbocycles. The van der Waals surface area contributed by atoms with Crippen molar-refractivity contribution in [3.8, 4) is 0 Å². The SMILES string of the molecule is C/C=C/C[C@@H](C)[C@@H](O)[C@H]1C(=O)N[C@@H](CC)C(=O)N(C)[C@H](CSCCN(C)C)C(=O)N(C)[C@@H](C(C)C)C(=O)N[C@@H](C(C)C)C(=O)N(C)[C@@H](CC(C)C)C(=O)N[C@@H](C)C(=O)N[C@H](C)C(=O)N(C)[C@@H](CC(C)C)C(=O)N(C)[C@@H](CC(C)C)C(=O)N(C)[C@@H](C(C)C)C(=O)N1C. The molecule has 25 heteroatoms. The molecule has 0 aromatic carbocycles. The lowest BCUT2D eigenvalue weighted by Crippen LogP contribution is -2.64. The Kier molecular flexibility index (Phi) is 35.1. The van der Waals surface area contributed by atoms with Crippen LogP contribution in [0.15, 0.2) is 12.2 Å². The number of thioether (sulfide) groups is 1. The van der Waals surface area contributed by atoms with E-state index < -0.39 is 161 Å². The molecule has 1 aliphatic rings. The second-order valence-corrected chi connectivity index (χ2v) is 28.9. The first-order valence-corrected chi connectivity index (χ1v) is 33.8. The quantitative estimate of drug-likeness (QED) is 0.0915. The maximum Gasteiger partial charge on any atom is 0.246 e. The molecule has 1 fully saturated rings. The first kappa shape index (κ1) is 83.2. The minimum absolute atomic E-state index is 0.00813. The number of aliphatic hydroxyl groups is 1. The standard InChI is InChI=1S/C66H120N12O12S/c1-27-29-30-43(15)55(79)54-59(83)69-46(28-2)61(85)75(23)50(36-91-32-31-71(18)19)64(88)76(24)52(41(11)12)58(82)70-51(40(9)10)65(89)72(20)47(33-37(3)4)57(81)67-44(16)56(80)68-45(17)60(84)73(21)48(34-38(5)6)62(86)74(22)49(35-39(7)8)63(87)77(25)53(42(13)14)66(90)78(54)26/h27,29,37-55,79H,28,30-36H2,1-26H3,(H,67,81)(H,68,80)(H,69,83)(H,70,82)/b29-27+/t43-,44+,45-,46+,47+,48+,49+,50-,51+,52+,53+,54+,55-/m1/s1. The Morgan fingerprint density at radius 3 is 1.35 bits per heavy atom. The lowest BCUT2D eigenvalue weighted by atomic mass is 9.91. The average Bonchev–Trinajstić information content (AvgIpc) is 0.833. The van der Waals surface area contributed by atoms with Crippen LogP contribution in [0.2, 0.25) is 0 Å². The van der Waals surface area contributed by atoms with Crippen LogP contribution in [-0.2, 0) is 52.7 Å². The lowest BCUT2D eigenvalue weighted by Gasteiger charge is -2.41. The third kappa shape index (κ3) is 23.6. The van der Waals surface area contributed by atoms with Crippen LogP contribution in [-0.4, -0.2) is 263 Å². The van der Waals surface area contributed by atoms with E-state index in [2.05, 4.69) is 21.3 Å². The highest BCUT2D eigenvalue weighted by molar-refractivity contribution is 7.99. The number of nitrogens with one attached hydrogen (secondary N) is 4. The average molecular weight is 1310 g/mol. The van der Waals surface area contributed by atoms with Crippen LogP contribution in [0.5, 0.6) is 0 Å². The van der Waals surface area contributed by atoms with Crippen LogP contribution in [0.1, 0.15) is 150 Å². The zero-order chi connectivity index (χ0) is 70.5. The summed E-state index contributed by atoms with van der Waals surface area (Å²) >= 11 is 1.41. The van der Waals surface area contributed by atoms with Gasteiger partial charge in [-0.05, 0) is 108 Å². The molecule has 1 saturated heterocycles. The third-order valence-corrected chi connectivity index (χ3v) is 18.2. The molecule has 522 valence electrons. The van der Waals surface area contributed by atoms with Gasteiger partial charge in [0.05, 0.1) is 6.10 Å². The molecule has 5 N–H and O–H groups in total. The Bertz CT molecular complexity index is 2480. The molecule has 0 unspecified atom stereocenters. The zero-order valence-electron chi connectivity index (χ0n) is 60.2. The predicted octanol–water partition coefficient (Wildman–Crippen LogP) is 3.54. The Morgan fingerprint density at radius 1 is 0.473 bits per heavy atom. The number of hydrogen-bond acceptors (Lipinski definition) is 14. The van der Waals surface area contributed by atoms with Crippen LogP contribution in [0, 0.1) is 41.4 Å². The summed E-state index contributed by atoms with van der Waals surface area (Å²) < 4.78 is 0. The van der Waals surface area contributed by atoms with E-state index in [0.717, 1.165) is 4.90 Å². The Hall–Kier alpha value is -5.82. The second kappa shape index (κ2) is 38.4. The summed E-state index contributed by atoms with van der Waals surface area (Å²) in [6.07, 6.45) is 2.85. The van der Waals surface area contributed by atoms with E-state index in [9.17, 15) is 29.1 Å². The van der Waals surface area contributed by atoms with E-state index in [4.69, 9.17) is 0 Å². The van der Waals surface area contributed by atoms with Crippen molar-refractivity contribution in [2.24, 2.45) is 41.4 Å². The number of allylic oxidation sites excluding steroid dienone is 2. The molecule has 0 aliphatic carbocycles. The molecule has 0 spiro atoms. The molecule has 91 heavy (non-hydrogen) atoms. The molecule has 0 aromatic heterocycles. The van der Waals surface area contributed by atoms with Gasteiger partial charge in [-0.15, -0.1) is 0 Å². The largest absolute Gasteiger partial charge is 0.390 e. The highest BCUT2D eigenvalue weighted by atomic mass is 32.2. The summed E-state index contributed by atoms with van der Waals surface area (Å²) in [6.45, 7) is 30.4. The second-order valence-electron chi connectivity index (χ2n) is 27.7. The van der Waals surface area contributed by atoms with Crippen molar-refractivity contribution in [2.45, 2.75) is 222 Å². The Balaban J connectivity index is 4.50. The van der Waals surface area contributed by atoms with Crippen LogP contribution < -0.4 is 21.3 Å². The molecule has 0 radical (unpaired) electrons. The van der Waals surface area contributed by atoms with Crippen molar-refractivity contribution in [1.29, 1.82) is 0 Å². The monoisotopic (exact) mass is 1300 g/mol. The number of aliphatic hydroxyl groups excluding tert-OH is 1. The van der Waals surface area contributed by atoms with Gasteiger partial charge in [0.2, 0.25) is 65.0 Å². The van der Waals surface area contributed by atoms with Crippen molar-refractivity contribution >= 4 is 76.7 Å². The van der Waals surface area contributed by atoms with Gasteiger partial charge in [0.1, 0.15) is 66.5 Å². The van der Waals surface area contributed by atoms with Crippen molar-refractivity contribution in [1.82, 2.24) is 60.5 Å². The van der Waals surface area contributed by atoms with Crippen molar-refractivity contribution < 1.29 is 57.8 Å². The van der Waals surface area contributed by atoms with Gasteiger partial charge < -0.3 is 65.6 Å². The lowest BCUT2D eigenvalue weighted by molar-refractivity contribution is -0.157.